The van der Waals surface area contributed by atoms with Crippen LogP contribution in [0, 0.1) is 18.3 Å². The van der Waals surface area contributed by atoms with E-state index in [1.54, 1.807) is 4.90 Å². The van der Waals surface area contributed by atoms with Crippen LogP contribution >= 0.6 is 0 Å². The molecule has 1 aromatic heterocycles. The third kappa shape index (κ3) is 3.55. The van der Waals surface area contributed by atoms with E-state index in [1.165, 1.54) is 10.9 Å². The molecule has 2 rings (SSSR count). The van der Waals surface area contributed by atoms with Crippen LogP contribution in [0.5, 0.6) is 0 Å². The lowest BCUT2D eigenvalue weighted by Crippen LogP contribution is -2.36. The molecule has 0 unspecified atom stereocenters. The lowest BCUT2D eigenvalue weighted by Gasteiger charge is -2.19. The van der Waals surface area contributed by atoms with Gasteiger partial charge in [0.1, 0.15) is 6.54 Å². The Hall–Kier alpha value is -2.36. The Morgan fingerprint density at radius 3 is 2.84 bits per heavy atom. The van der Waals surface area contributed by atoms with Crippen molar-refractivity contribution >= 4 is 11.9 Å². The molecule has 7 heteroatoms. The van der Waals surface area contributed by atoms with Gasteiger partial charge >= 0.3 is 5.97 Å². The molecule has 1 aliphatic carbocycles. The highest BCUT2D eigenvalue weighted by Gasteiger charge is 2.26. The number of carbonyl (C=O) groups is 2. The minimum Gasteiger partial charge on any atom is -0.476 e. The van der Waals surface area contributed by atoms with Crippen molar-refractivity contribution in [1.82, 2.24) is 19.9 Å². The molecule has 0 spiro atoms. The van der Waals surface area contributed by atoms with Gasteiger partial charge in [-0.3, -0.25) is 4.79 Å². The molecule has 0 saturated heterocycles. The highest BCUT2D eigenvalue weighted by Crippen LogP contribution is 2.29. The number of carboxylic acids is 1. The summed E-state index contributed by atoms with van der Waals surface area (Å²) in [6.45, 7) is 0.869. The van der Waals surface area contributed by atoms with E-state index in [4.69, 9.17) is 11.5 Å². The van der Waals surface area contributed by atoms with Gasteiger partial charge in [-0.25, -0.2) is 9.48 Å². The second kappa shape index (κ2) is 5.52. The van der Waals surface area contributed by atoms with Gasteiger partial charge in [0.05, 0.1) is 12.7 Å². The van der Waals surface area contributed by atoms with Crippen LogP contribution in [-0.2, 0) is 11.3 Å². The first kappa shape index (κ1) is 13.1. The van der Waals surface area contributed by atoms with Crippen molar-refractivity contribution < 1.29 is 14.7 Å². The average Bonchev–Trinajstić information content (AvgIpc) is 3.05. The first-order chi connectivity index (χ1) is 9.10. The van der Waals surface area contributed by atoms with E-state index >= 15 is 0 Å². The van der Waals surface area contributed by atoms with Gasteiger partial charge in [-0.2, -0.15) is 0 Å². The molecule has 1 N–H and O–H groups in total. The number of rotatable bonds is 6. The fraction of sp³-hybridized carbons (Fsp3) is 0.500. The Morgan fingerprint density at radius 2 is 2.32 bits per heavy atom. The van der Waals surface area contributed by atoms with Gasteiger partial charge in [0.25, 0.3) is 0 Å². The fourth-order valence-corrected chi connectivity index (χ4v) is 1.69. The van der Waals surface area contributed by atoms with E-state index in [0.29, 0.717) is 12.5 Å². The molecule has 0 aliphatic heterocycles. The number of aromatic carboxylic acids is 1. The van der Waals surface area contributed by atoms with Crippen molar-refractivity contribution in [2.45, 2.75) is 19.4 Å². The first-order valence-electron chi connectivity index (χ1n) is 5.95. The molecule has 1 aromatic rings. The van der Waals surface area contributed by atoms with Crippen LogP contribution in [0.15, 0.2) is 6.20 Å². The normalized spacial score (nSPS) is 13.8. The Balaban J connectivity index is 1.96. The smallest absolute Gasteiger partial charge is 0.358 e. The summed E-state index contributed by atoms with van der Waals surface area (Å²) < 4.78 is 1.21. The molecule has 100 valence electrons. The Labute approximate surface area is 110 Å². The van der Waals surface area contributed by atoms with E-state index in [1.807, 2.05) is 0 Å². The minimum absolute atomic E-state index is 0.0469. The van der Waals surface area contributed by atoms with Gasteiger partial charge in [0.15, 0.2) is 5.69 Å². The number of nitrogens with zero attached hydrogens (tertiary/aromatic N) is 4. The summed E-state index contributed by atoms with van der Waals surface area (Å²) in [5.41, 5.74) is -0.182. The number of hydrogen-bond donors (Lipinski definition) is 1. The van der Waals surface area contributed by atoms with Gasteiger partial charge in [-0.15, -0.1) is 11.5 Å². The van der Waals surface area contributed by atoms with E-state index in [0.717, 1.165) is 12.8 Å². The predicted molar refractivity (Wildman–Crippen MR) is 65.1 cm³/mol. The van der Waals surface area contributed by atoms with Crippen LogP contribution in [0.3, 0.4) is 0 Å². The minimum atomic E-state index is -1.17. The van der Waals surface area contributed by atoms with E-state index < -0.39 is 5.97 Å². The molecule has 0 radical (unpaired) electrons. The first-order valence-corrected chi connectivity index (χ1v) is 5.95. The molecule has 1 saturated carbocycles. The summed E-state index contributed by atoms with van der Waals surface area (Å²) in [7, 11) is 0. The van der Waals surface area contributed by atoms with Crippen molar-refractivity contribution in [3.05, 3.63) is 11.9 Å². The van der Waals surface area contributed by atoms with Crippen molar-refractivity contribution in [3.8, 4) is 12.3 Å². The molecule has 1 amide bonds. The molecule has 1 aliphatic rings. The van der Waals surface area contributed by atoms with E-state index in [2.05, 4.69) is 16.2 Å². The van der Waals surface area contributed by atoms with Crippen LogP contribution in [0.4, 0.5) is 0 Å². The number of hydrogen-bond acceptors (Lipinski definition) is 4. The second-order valence-electron chi connectivity index (χ2n) is 4.53. The molecule has 0 bridgehead atoms. The number of carboxylic acid groups (broad SMARTS) is 1. The fourth-order valence-electron chi connectivity index (χ4n) is 1.69. The summed E-state index contributed by atoms with van der Waals surface area (Å²) in [4.78, 5) is 24.3. The zero-order chi connectivity index (χ0) is 13.8. The lowest BCUT2D eigenvalue weighted by molar-refractivity contribution is -0.131. The van der Waals surface area contributed by atoms with Gasteiger partial charge in [0, 0.05) is 6.54 Å². The van der Waals surface area contributed by atoms with Crippen LogP contribution < -0.4 is 0 Å². The molecular weight excluding hydrogens is 248 g/mol. The molecule has 0 atom stereocenters. The van der Waals surface area contributed by atoms with Gasteiger partial charge in [-0.1, -0.05) is 11.1 Å². The summed E-state index contributed by atoms with van der Waals surface area (Å²) in [5.74, 6) is 1.66. The highest BCUT2D eigenvalue weighted by atomic mass is 16.4. The van der Waals surface area contributed by atoms with Gasteiger partial charge < -0.3 is 10.0 Å². The zero-order valence-corrected chi connectivity index (χ0v) is 10.3. The molecule has 7 nitrogen and oxygen atoms in total. The number of terminal acetylenes is 1. The van der Waals surface area contributed by atoms with Crippen molar-refractivity contribution in [1.29, 1.82) is 0 Å². The summed E-state index contributed by atoms with van der Waals surface area (Å²) in [6, 6.07) is 0. The molecule has 19 heavy (non-hydrogen) atoms. The van der Waals surface area contributed by atoms with Crippen LogP contribution in [0.25, 0.3) is 0 Å². The Kier molecular flexibility index (Phi) is 3.80. The van der Waals surface area contributed by atoms with Gasteiger partial charge in [0.2, 0.25) is 5.91 Å². The Bertz CT molecular complexity index is 527. The number of carbonyl (C=O) groups excluding carboxylic acids is 1. The van der Waals surface area contributed by atoms with E-state index in [-0.39, 0.29) is 24.7 Å². The molecule has 1 heterocycles. The second-order valence-corrected chi connectivity index (χ2v) is 4.53. The maximum atomic E-state index is 12.0. The maximum Gasteiger partial charge on any atom is 0.358 e. The quantitative estimate of drug-likeness (QED) is 0.720. The molecular formula is C12H14N4O3. The van der Waals surface area contributed by atoms with Crippen molar-refractivity contribution in [2.75, 3.05) is 13.1 Å². The van der Waals surface area contributed by atoms with Crippen molar-refractivity contribution in [3.63, 3.8) is 0 Å². The largest absolute Gasteiger partial charge is 0.476 e. The highest BCUT2D eigenvalue weighted by molar-refractivity contribution is 5.84. The topological polar surface area (TPSA) is 88.3 Å². The molecule has 1 fully saturated rings. The maximum absolute atomic E-state index is 12.0. The third-order valence-electron chi connectivity index (χ3n) is 2.87. The van der Waals surface area contributed by atoms with Crippen LogP contribution in [0.2, 0.25) is 0 Å². The van der Waals surface area contributed by atoms with Crippen LogP contribution in [0.1, 0.15) is 23.3 Å². The van der Waals surface area contributed by atoms with E-state index in [9.17, 15) is 9.59 Å². The molecule has 0 aromatic carbocycles. The average molecular weight is 262 g/mol. The number of amides is 1. The summed E-state index contributed by atoms with van der Waals surface area (Å²) in [5, 5.41) is 15.8. The lowest BCUT2D eigenvalue weighted by atomic mass is 10.3. The summed E-state index contributed by atoms with van der Waals surface area (Å²) >= 11 is 0. The van der Waals surface area contributed by atoms with Gasteiger partial charge in [-0.05, 0) is 18.8 Å². The SMILES string of the molecule is C#CCN(CC1CC1)C(=O)Cn1cc(C(=O)O)nn1. The Morgan fingerprint density at radius 1 is 1.58 bits per heavy atom. The third-order valence-corrected chi connectivity index (χ3v) is 2.87. The zero-order valence-electron chi connectivity index (χ0n) is 10.3. The number of aromatic nitrogens is 3. The summed E-state index contributed by atoms with van der Waals surface area (Å²) in [6.07, 6.45) is 8.72. The monoisotopic (exact) mass is 262 g/mol. The predicted octanol–water partition coefficient (Wildman–Crippen LogP) is -0.152. The standard InChI is InChI=1S/C12H14N4O3/c1-2-5-15(6-9-3-4-9)11(17)8-16-7-10(12(18)19)13-14-16/h1,7,9H,3-6,8H2,(H,18,19). The van der Waals surface area contributed by atoms with Crippen molar-refractivity contribution in [2.24, 2.45) is 5.92 Å². The van der Waals surface area contributed by atoms with Crippen LogP contribution in [-0.4, -0.2) is 50.0 Å².